The van der Waals surface area contributed by atoms with Gasteiger partial charge < -0.3 is 15.4 Å². The van der Waals surface area contributed by atoms with Gasteiger partial charge in [-0.15, -0.1) is 0 Å². The normalized spacial score (nSPS) is 10.6. The average Bonchev–Trinajstić information content (AvgIpc) is 2.93. The molecule has 0 bridgehead atoms. The fraction of sp³-hybridized carbons (Fsp3) is 0. The van der Waals surface area contributed by atoms with Crippen molar-refractivity contribution in [3.63, 3.8) is 0 Å². The SMILES string of the molecule is O=C(Nc1ccc(Cl)cc1)c1cc2c(cc1O)[nH]c1ccccc12.[Na+]. The third kappa shape index (κ3) is 3.39. The number of phenolic OH excluding ortho intramolecular Hbond substituents is 1. The van der Waals surface area contributed by atoms with Gasteiger partial charge in [-0.05, 0) is 36.4 Å². The number of halogens is 1. The molecule has 0 saturated heterocycles. The van der Waals surface area contributed by atoms with Gasteiger partial charge in [0.2, 0.25) is 0 Å². The van der Waals surface area contributed by atoms with E-state index in [1.54, 1.807) is 36.4 Å². The predicted octanol–water partition coefficient (Wildman–Crippen LogP) is 1.94. The third-order valence-corrected chi connectivity index (χ3v) is 4.22. The number of para-hydroxylation sites is 1. The monoisotopic (exact) mass is 359 g/mol. The average molecular weight is 360 g/mol. The van der Waals surface area contributed by atoms with Gasteiger partial charge in [-0.25, -0.2) is 0 Å². The molecule has 0 spiro atoms. The Bertz CT molecular complexity index is 1070. The van der Waals surface area contributed by atoms with Gasteiger partial charge in [0.25, 0.3) is 5.91 Å². The summed E-state index contributed by atoms with van der Waals surface area (Å²) in [4.78, 5) is 15.7. The zero-order valence-corrected chi connectivity index (χ0v) is 16.3. The molecule has 4 rings (SSSR count). The summed E-state index contributed by atoms with van der Waals surface area (Å²) in [6, 6.07) is 17.9. The van der Waals surface area contributed by atoms with Crippen LogP contribution in [0.5, 0.6) is 5.75 Å². The van der Waals surface area contributed by atoms with Crippen LogP contribution in [0.2, 0.25) is 5.02 Å². The first-order valence-corrected chi connectivity index (χ1v) is 7.80. The number of anilines is 1. The van der Waals surface area contributed by atoms with Crippen molar-refractivity contribution in [3.8, 4) is 5.75 Å². The second-order valence-corrected chi connectivity index (χ2v) is 5.98. The fourth-order valence-corrected chi connectivity index (χ4v) is 2.93. The molecule has 118 valence electrons. The molecule has 0 unspecified atom stereocenters. The number of amides is 1. The minimum absolute atomic E-state index is 0. The molecule has 25 heavy (non-hydrogen) atoms. The van der Waals surface area contributed by atoms with Crippen LogP contribution in [0.4, 0.5) is 5.69 Å². The largest absolute Gasteiger partial charge is 1.00 e. The molecule has 6 heteroatoms. The number of benzene rings is 3. The predicted molar refractivity (Wildman–Crippen MR) is 96.9 cm³/mol. The Hall–Kier alpha value is -1.98. The number of H-pyrrole nitrogens is 1. The van der Waals surface area contributed by atoms with Crippen LogP contribution in [-0.4, -0.2) is 16.0 Å². The maximum atomic E-state index is 12.5. The first kappa shape index (κ1) is 17.8. The Balaban J connectivity index is 0.00000182. The summed E-state index contributed by atoms with van der Waals surface area (Å²) in [6.45, 7) is 0. The van der Waals surface area contributed by atoms with E-state index in [0.717, 1.165) is 21.8 Å². The smallest absolute Gasteiger partial charge is 0.507 e. The van der Waals surface area contributed by atoms with E-state index >= 15 is 0 Å². The van der Waals surface area contributed by atoms with Gasteiger partial charge >= 0.3 is 29.6 Å². The van der Waals surface area contributed by atoms with E-state index in [0.29, 0.717) is 10.7 Å². The number of hydrogen-bond donors (Lipinski definition) is 3. The van der Waals surface area contributed by atoms with Crippen molar-refractivity contribution in [2.75, 3.05) is 5.32 Å². The molecule has 0 aliphatic rings. The minimum atomic E-state index is -0.373. The van der Waals surface area contributed by atoms with E-state index in [-0.39, 0.29) is 46.8 Å². The second-order valence-electron chi connectivity index (χ2n) is 5.55. The van der Waals surface area contributed by atoms with Gasteiger partial charge in [-0.2, -0.15) is 0 Å². The van der Waals surface area contributed by atoms with E-state index in [1.807, 2.05) is 24.3 Å². The van der Waals surface area contributed by atoms with E-state index in [2.05, 4.69) is 10.3 Å². The Kier molecular flexibility index (Phi) is 5.06. The number of carbonyl (C=O) groups excluding carboxylic acids is 1. The van der Waals surface area contributed by atoms with E-state index in [9.17, 15) is 9.90 Å². The molecule has 3 N–H and O–H groups in total. The quantitative estimate of drug-likeness (QED) is 0.479. The van der Waals surface area contributed by atoms with Crippen LogP contribution >= 0.6 is 11.6 Å². The fourth-order valence-electron chi connectivity index (χ4n) is 2.80. The molecular formula is C19H13ClN2NaO2+. The van der Waals surface area contributed by atoms with Gasteiger partial charge in [-0.3, -0.25) is 4.79 Å². The molecule has 1 aromatic heterocycles. The summed E-state index contributed by atoms with van der Waals surface area (Å²) in [6.07, 6.45) is 0. The molecule has 0 aliphatic carbocycles. The number of rotatable bonds is 2. The van der Waals surface area contributed by atoms with Gasteiger partial charge in [0.1, 0.15) is 5.75 Å². The van der Waals surface area contributed by atoms with Crippen molar-refractivity contribution < 1.29 is 39.5 Å². The summed E-state index contributed by atoms with van der Waals surface area (Å²) < 4.78 is 0. The molecule has 0 atom stereocenters. The van der Waals surface area contributed by atoms with Gasteiger partial charge in [0, 0.05) is 33.1 Å². The van der Waals surface area contributed by atoms with E-state index < -0.39 is 0 Å². The van der Waals surface area contributed by atoms with Crippen molar-refractivity contribution >= 4 is 45.0 Å². The molecule has 0 saturated carbocycles. The van der Waals surface area contributed by atoms with Crippen LogP contribution in [0.25, 0.3) is 21.8 Å². The first-order chi connectivity index (χ1) is 11.6. The minimum Gasteiger partial charge on any atom is -0.507 e. The van der Waals surface area contributed by atoms with Gasteiger partial charge in [-0.1, -0.05) is 29.8 Å². The molecule has 1 heterocycles. The van der Waals surface area contributed by atoms with Crippen LogP contribution in [0.1, 0.15) is 10.4 Å². The molecule has 0 radical (unpaired) electrons. The summed E-state index contributed by atoms with van der Waals surface area (Å²) in [5.41, 5.74) is 2.59. The Morgan fingerprint density at radius 3 is 2.44 bits per heavy atom. The van der Waals surface area contributed by atoms with Crippen molar-refractivity contribution in [2.45, 2.75) is 0 Å². The van der Waals surface area contributed by atoms with E-state index in [1.165, 1.54) is 0 Å². The topological polar surface area (TPSA) is 65.1 Å². The zero-order valence-electron chi connectivity index (χ0n) is 13.5. The number of nitrogens with one attached hydrogen (secondary N) is 2. The summed E-state index contributed by atoms with van der Waals surface area (Å²) in [7, 11) is 0. The number of carbonyl (C=O) groups is 1. The number of fused-ring (bicyclic) bond motifs is 3. The van der Waals surface area contributed by atoms with Crippen molar-refractivity contribution in [3.05, 3.63) is 71.2 Å². The Morgan fingerprint density at radius 2 is 1.68 bits per heavy atom. The Morgan fingerprint density at radius 1 is 0.960 bits per heavy atom. The van der Waals surface area contributed by atoms with E-state index in [4.69, 9.17) is 11.6 Å². The van der Waals surface area contributed by atoms with Gasteiger partial charge in [0.05, 0.1) is 11.1 Å². The van der Waals surface area contributed by atoms with Gasteiger partial charge in [0.15, 0.2) is 0 Å². The van der Waals surface area contributed by atoms with Crippen molar-refractivity contribution in [1.29, 1.82) is 0 Å². The summed E-state index contributed by atoms with van der Waals surface area (Å²) in [5, 5.41) is 15.5. The number of phenols is 1. The first-order valence-electron chi connectivity index (χ1n) is 7.42. The summed E-state index contributed by atoms with van der Waals surface area (Å²) in [5.74, 6) is -0.442. The number of aromatic amines is 1. The van der Waals surface area contributed by atoms with Crippen molar-refractivity contribution in [1.82, 2.24) is 4.98 Å². The second kappa shape index (κ2) is 7.10. The molecule has 0 fully saturated rings. The Labute approximate surface area is 171 Å². The van der Waals surface area contributed by atoms with Crippen LogP contribution in [-0.2, 0) is 0 Å². The number of hydrogen-bond acceptors (Lipinski definition) is 2. The molecule has 0 aliphatic heterocycles. The van der Waals surface area contributed by atoms with Crippen LogP contribution in [0.15, 0.2) is 60.7 Å². The number of aromatic nitrogens is 1. The zero-order chi connectivity index (χ0) is 16.7. The molecule has 3 aromatic carbocycles. The molecular weight excluding hydrogens is 347 g/mol. The van der Waals surface area contributed by atoms with Crippen LogP contribution < -0.4 is 34.9 Å². The molecule has 4 nitrogen and oxygen atoms in total. The molecule has 1 amide bonds. The maximum absolute atomic E-state index is 12.5. The third-order valence-electron chi connectivity index (χ3n) is 3.97. The number of aromatic hydroxyl groups is 1. The standard InChI is InChI=1S/C19H13ClN2O2.Na/c20-11-5-7-12(8-6-11)21-19(24)15-9-14-13-3-1-2-4-16(13)22-17(14)10-18(15)23;/h1-10,22-23H,(H,21,24);/q;+1. The summed E-state index contributed by atoms with van der Waals surface area (Å²) >= 11 is 5.84. The van der Waals surface area contributed by atoms with Crippen LogP contribution in [0.3, 0.4) is 0 Å². The molecule has 4 aromatic rings. The maximum Gasteiger partial charge on any atom is 1.00 e. The van der Waals surface area contributed by atoms with Crippen LogP contribution in [0, 0.1) is 0 Å². The van der Waals surface area contributed by atoms with Crippen molar-refractivity contribution in [2.24, 2.45) is 0 Å².